The molecule has 0 atom stereocenters. The van der Waals surface area contributed by atoms with Crippen molar-refractivity contribution in [3.8, 4) is 5.75 Å². The molecular formula is C21H19N3O7S2. The summed E-state index contributed by atoms with van der Waals surface area (Å²) < 4.78 is 5.16. The third-order valence-corrected chi connectivity index (χ3v) is 6.33. The molecule has 1 heterocycles. The van der Waals surface area contributed by atoms with Crippen molar-refractivity contribution < 1.29 is 29.2 Å². The van der Waals surface area contributed by atoms with Crippen LogP contribution in [-0.4, -0.2) is 58.0 Å². The summed E-state index contributed by atoms with van der Waals surface area (Å²) in [6.45, 7) is -0.613. The molecule has 33 heavy (non-hydrogen) atoms. The van der Waals surface area contributed by atoms with Gasteiger partial charge in [0.2, 0.25) is 5.91 Å². The number of thioether (sulfide) groups is 2. The second-order valence-corrected chi connectivity index (χ2v) is 8.70. The van der Waals surface area contributed by atoms with E-state index in [2.05, 4.69) is 5.32 Å². The molecule has 0 saturated carbocycles. The Labute approximate surface area is 197 Å². The topological polar surface area (TPSA) is 139 Å². The lowest BCUT2D eigenvalue weighted by Crippen LogP contribution is -2.36. The molecule has 1 aliphatic heterocycles. The van der Waals surface area contributed by atoms with Crippen LogP contribution in [0.4, 0.5) is 16.2 Å². The molecule has 3 rings (SSSR count). The molecule has 12 heteroatoms. The van der Waals surface area contributed by atoms with E-state index in [1.807, 2.05) is 0 Å². The van der Waals surface area contributed by atoms with Gasteiger partial charge in [0, 0.05) is 11.8 Å². The molecule has 0 bridgehead atoms. The van der Waals surface area contributed by atoms with Crippen molar-refractivity contribution >= 4 is 58.0 Å². The summed E-state index contributed by atoms with van der Waals surface area (Å²) in [6, 6.07) is 11.1. The molecule has 1 fully saturated rings. The van der Waals surface area contributed by atoms with Gasteiger partial charge in [-0.3, -0.25) is 29.4 Å². The number of carbonyl (C=O) groups excluding carboxylic acids is 3. The standard InChI is InChI=1S/C21H19N3O7S2/c1-31-16-5-3-2-4-14(16)22-19(26)12-23-20(27)18(33-21(23)28)11-13-6-7-17(32-9-8-25)15(10-13)24(29)30/h2-7,10-11,25H,8-9,12H2,1H3,(H,22,26). The summed E-state index contributed by atoms with van der Waals surface area (Å²) in [5.74, 6) is -0.511. The number of anilines is 1. The summed E-state index contributed by atoms with van der Waals surface area (Å²) in [7, 11) is 1.45. The average molecular weight is 490 g/mol. The minimum Gasteiger partial charge on any atom is -0.495 e. The number of methoxy groups -OCH3 is 1. The van der Waals surface area contributed by atoms with Crippen molar-refractivity contribution in [2.24, 2.45) is 0 Å². The average Bonchev–Trinajstić information content (AvgIpc) is 3.05. The number of ether oxygens (including phenoxy) is 1. The van der Waals surface area contributed by atoms with Gasteiger partial charge >= 0.3 is 0 Å². The van der Waals surface area contributed by atoms with Crippen molar-refractivity contribution in [2.75, 3.05) is 31.3 Å². The number of nitrogens with one attached hydrogen (secondary N) is 1. The summed E-state index contributed by atoms with van der Waals surface area (Å²) in [4.78, 5) is 49.5. The summed E-state index contributed by atoms with van der Waals surface area (Å²) in [6.07, 6.45) is 1.37. The first-order valence-corrected chi connectivity index (χ1v) is 11.3. The largest absolute Gasteiger partial charge is 0.495 e. The molecule has 0 aromatic heterocycles. The number of nitro groups is 1. The molecule has 172 valence electrons. The van der Waals surface area contributed by atoms with E-state index in [4.69, 9.17) is 9.84 Å². The Hall–Kier alpha value is -3.35. The van der Waals surface area contributed by atoms with Crippen LogP contribution in [0.15, 0.2) is 52.3 Å². The highest BCUT2D eigenvalue weighted by molar-refractivity contribution is 8.18. The van der Waals surface area contributed by atoms with Crippen LogP contribution in [0.25, 0.3) is 6.08 Å². The van der Waals surface area contributed by atoms with Crippen LogP contribution in [0, 0.1) is 10.1 Å². The number of benzene rings is 2. The fourth-order valence-corrected chi connectivity index (χ4v) is 4.51. The lowest BCUT2D eigenvalue weighted by Gasteiger charge is -2.14. The zero-order valence-corrected chi connectivity index (χ0v) is 19.0. The number of hydrogen-bond acceptors (Lipinski definition) is 9. The van der Waals surface area contributed by atoms with Gasteiger partial charge < -0.3 is 15.2 Å². The Morgan fingerprint density at radius 1 is 1.30 bits per heavy atom. The SMILES string of the molecule is COc1ccccc1NC(=O)CN1C(=O)SC(=Cc2ccc(SCCO)c([N+](=O)[O-])c2)C1=O. The number of aliphatic hydroxyl groups is 1. The highest BCUT2D eigenvalue weighted by Crippen LogP contribution is 2.35. The zero-order chi connectivity index (χ0) is 24.0. The monoisotopic (exact) mass is 489 g/mol. The van der Waals surface area contributed by atoms with Gasteiger partial charge in [-0.15, -0.1) is 11.8 Å². The van der Waals surface area contributed by atoms with Crippen molar-refractivity contribution in [1.82, 2.24) is 4.90 Å². The second kappa shape index (κ2) is 11.0. The molecule has 1 saturated heterocycles. The van der Waals surface area contributed by atoms with Crippen LogP contribution in [0.2, 0.25) is 0 Å². The summed E-state index contributed by atoms with van der Waals surface area (Å²) in [5, 5.41) is 22.3. The van der Waals surface area contributed by atoms with Gasteiger partial charge in [0.05, 0.1) is 34.1 Å². The highest BCUT2D eigenvalue weighted by atomic mass is 32.2. The third kappa shape index (κ3) is 5.92. The van der Waals surface area contributed by atoms with Crippen LogP contribution in [0.5, 0.6) is 5.75 Å². The number of rotatable bonds is 9. The Bertz CT molecular complexity index is 1140. The van der Waals surface area contributed by atoms with Gasteiger partial charge in [0.25, 0.3) is 16.8 Å². The molecule has 1 aliphatic rings. The number of nitro benzene ring substituents is 1. The second-order valence-electron chi connectivity index (χ2n) is 6.57. The van der Waals surface area contributed by atoms with Crippen LogP contribution in [-0.2, 0) is 9.59 Å². The van der Waals surface area contributed by atoms with E-state index < -0.39 is 28.5 Å². The maximum atomic E-state index is 12.7. The smallest absolute Gasteiger partial charge is 0.294 e. The number of nitrogens with zero attached hydrogens (tertiary/aromatic N) is 2. The lowest BCUT2D eigenvalue weighted by molar-refractivity contribution is -0.387. The molecule has 0 radical (unpaired) electrons. The number of para-hydroxylation sites is 2. The van der Waals surface area contributed by atoms with Crippen molar-refractivity contribution in [3.05, 3.63) is 63.0 Å². The molecular weight excluding hydrogens is 470 g/mol. The van der Waals surface area contributed by atoms with Gasteiger partial charge in [0.1, 0.15) is 12.3 Å². The zero-order valence-electron chi connectivity index (χ0n) is 17.3. The minimum atomic E-state index is -0.665. The summed E-state index contributed by atoms with van der Waals surface area (Å²) in [5.41, 5.74) is 0.593. The minimum absolute atomic E-state index is 0.0511. The molecule has 2 N–H and O–H groups in total. The van der Waals surface area contributed by atoms with Crippen molar-refractivity contribution in [3.63, 3.8) is 0 Å². The number of hydrogen-bond donors (Lipinski definition) is 2. The molecule has 2 aromatic rings. The number of imide groups is 1. The predicted octanol–water partition coefficient (Wildman–Crippen LogP) is 3.36. The van der Waals surface area contributed by atoms with Gasteiger partial charge in [-0.1, -0.05) is 18.2 Å². The lowest BCUT2D eigenvalue weighted by atomic mass is 10.2. The van der Waals surface area contributed by atoms with Crippen LogP contribution >= 0.6 is 23.5 Å². The van der Waals surface area contributed by atoms with E-state index >= 15 is 0 Å². The van der Waals surface area contributed by atoms with E-state index in [1.165, 1.54) is 25.3 Å². The first-order valence-electron chi connectivity index (χ1n) is 9.54. The van der Waals surface area contributed by atoms with E-state index in [0.29, 0.717) is 39.4 Å². The molecule has 0 aliphatic carbocycles. The number of carbonyl (C=O) groups is 3. The fourth-order valence-electron chi connectivity index (χ4n) is 2.91. The van der Waals surface area contributed by atoms with E-state index in [9.17, 15) is 24.5 Å². The molecule has 0 spiro atoms. The Morgan fingerprint density at radius 2 is 2.06 bits per heavy atom. The van der Waals surface area contributed by atoms with Crippen LogP contribution < -0.4 is 10.1 Å². The van der Waals surface area contributed by atoms with Gasteiger partial charge in [-0.2, -0.15) is 0 Å². The Balaban J connectivity index is 1.74. The van der Waals surface area contributed by atoms with Crippen LogP contribution in [0.1, 0.15) is 5.56 Å². The van der Waals surface area contributed by atoms with Crippen molar-refractivity contribution in [1.29, 1.82) is 0 Å². The van der Waals surface area contributed by atoms with Crippen molar-refractivity contribution in [2.45, 2.75) is 4.90 Å². The molecule has 2 aromatic carbocycles. The van der Waals surface area contributed by atoms with Gasteiger partial charge in [-0.25, -0.2) is 0 Å². The van der Waals surface area contributed by atoms with E-state index in [-0.39, 0.29) is 17.2 Å². The first-order chi connectivity index (χ1) is 15.8. The number of aliphatic hydroxyl groups excluding tert-OH is 1. The Kier molecular flexibility index (Phi) is 8.09. The Morgan fingerprint density at radius 3 is 2.76 bits per heavy atom. The summed E-state index contributed by atoms with van der Waals surface area (Å²) >= 11 is 1.79. The van der Waals surface area contributed by atoms with Gasteiger partial charge in [-0.05, 0) is 41.6 Å². The van der Waals surface area contributed by atoms with Gasteiger partial charge in [0.15, 0.2) is 0 Å². The quantitative estimate of drug-likeness (QED) is 0.235. The molecule has 3 amide bonds. The third-order valence-electron chi connectivity index (χ3n) is 4.38. The normalized spacial score (nSPS) is 14.6. The maximum absolute atomic E-state index is 12.7. The van der Waals surface area contributed by atoms with Crippen LogP contribution in [0.3, 0.4) is 0 Å². The van der Waals surface area contributed by atoms with E-state index in [0.717, 1.165) is 16.7 Å². The molecule has 0 unspecified atom stereocenters. The fraction of sp³-hybridized carbons (Fsp3) is 0.190. The number of amides is 3. The van der Waals surface area contributed by atoms with E-state index in [1.54, 1.807) is 30.3 Å². The maximum Gasteiger partial charge on any atom is 0.294 e. The predicted molar refractivity (Wildman–Crippen MR) is 125 cm³/mol. The first kappa shape index (κ1) is 24.3. The molecule has 10 nitrogen and oxygen atoms in total. The highest BCUT2D eigenvalue weighted by Gasteiger charge is 2.36.